The highest BCUT2D eigenvalue weighted by Crippen LogP contribution is 2.18. The Morgan fingerprint density at radius 3 is 2.50 bits per heavy atom. The fourth-order valence-corrected chi connectivity index (χ4v) is 2.09. The van der Waals surface area contributed by atoms with E-state index in [4.69, 9.17) is 16.3 Å². The first-order valence-electron chi connectivity index (χ1n) is 6.50. The molecular weight excluding hydrogens is 274 g/mol. The molecule has 5 heteroatoms. The van der Waals surface area contributed by atoms with Crippen LogP contribution < -0.4 is 9.64 Å². The van der Waals surface area contributed by atoms with Crippen molar-refractivity contribution >= 4 is 17.4 Å². The zero-order chi connectivity index (χ0) is 14.5. The lowest BCUT2D eigenvalue weighted by Gasteiger charge is -2.19. The van der Waals surface area contributed by atoms with E-state index in [0.717, 1.165) is 30.4 Å². The number of aryl methyl sites for hydroxylation is 1. The molecule has 20 heavy (non-hydrogen) atoms. The molecule has 0 amide bonds. The highest BCUT2D eigenvalue weighted by Gasteiger charge is 2.07. The van der Waals surface area contributed by atoms with Crippen molar-refractivity contribution in [2.24, 2.45) is 0 Å². The number of benzene rings is 1. The summed E-state index contributed by atoms with van der Waals surface area (Å²) in [5.41, 5.74) is 1.18. The smallest absolute Gasteiger partial charge is 0.134 e. The second kappa shape index (κ2) is 6.57. The minimum absolute atomic E-state index is 0.480. The summed E-state index contributed by atoms with van der Waals surface area (Å²) >= 11 is 6.02. The van der Waals surface area contributed by atoms with Crippen molar-refractivity contribution in [2.45, 2.75) is 19.9 Å². The van der Waals surface area contributed by atoms with Gasteiger partial charge in [-0.2, -0.15) is 0 Å². The summed E-state index contributed by atoms with van der Waals surface area (Å²) in [6.07, 6.45) is 0.768. The minimum Gasteiger partial charge on any atom is -0.497 e. The number of nitrogens with zero attached hydrogens (tertiary/aromatic N) is 3. The quantitative estimate of drug-likeness (QED) is 0.792. The molecule has 1 aromatic heterocycles. The summed E-state index contributed by atoms with van der Waals surface area (Å²) in [4.78, 5) is 10.7. The van der Waals surface area contributed by atoms with Crippen molar-refractivity contribution in [1.29, 1.82) is 0 Å². The lowest BCUT2D eigenvalue weighted by Crippen LogP contribution is -2.18. The Bertz CT molecular complexity index is 572. The molecule has 0 spiro atoms. The van der Waals surface area contributed by atoms with E-state index in [0.29, 0.717) is 5.15 Å². The van der Waals surface area contributed by atoms with E-state index in [9.17, 15) is 0 Å². The van der Waals surface area contributed by atoms with Gasteiger partial charge in [0.1, 0.15) is 22.5 Å². The van der Waals surface area contributed by atoms with Gasteiger partial charge in [0, 0.05) is 26.1 Å². The Morgan fingerprint density at radius 2 is 1.90 bits per heavy atom. The fourth-order valence-electron chi connectivity index (χ4n) is 1.89. The molecule has 2 aromatic rings. The zero-order valence-corrected chi connectivity index (χ0v) is 12.7. The number of ether oxygens (including phenoxy) is 1. The van der Waals surface area contributed by atoms with Crippen molar-refractivity contribution in [1.82, 2.24) is 9.97 Å². The molecular formula is C15H18ClN3O. The first kappa shape index (κ1) is 14.6. The Morgan fingerprint density at radius 1 is 1.20 bits per heavy atom. The van der Waals surface area contributed by atoms with Gasteiger partial charge in [-0.1, -0.05) is 30.7 Å². The molecule has 0 aliphatic heterocycles. The van der Waals surface area contributed by atoms with Crippen molar-refractivity contribution in [2.75, 3.05) is 19.1 Å². The van der Waals surface area contributed by atoms with Crippen molar-refractivity contribution in [3.63, 3.8) is 0 Å². The molecule has 1 heterocycles. The molecule has 0 saturated carbocycles. The Balaban J connectivity index is 2.14. The SMILES string of the molecule is CCc1nc(Cl)cc(N(C)Cc2ccc(OC)cc2)n1. The number of hydrogen-bond acceptors (Lipinski definition) is 4. The van der Waals surface area contributed by atoms with Gasteiger partial charge in [0.15, 0.2) is 0 Å². The zero-order valence-electron chi connectivity index (χ0n) is 11.9. The van der Waals surface area contributed by atoms with Gasteiger partial charge in [0.05, 0.1) is 7.11 Å². The predicted molar refractivity (Wildman–Crippen MR) is 81.5 cm³/mol. The predicted octanol–water partition coefficient (Wildman–Crippen LogP) is 3.34. The largest absolute Gasteiger partial charge is 0.497 e. The third-order valence-electron chi connectivity index (χ3n) is 3.01. The molecule has 4 nitrogen and oxygen atoms in total. The average molecular weight is 292 g/mol. The van der Waals surface area contributed by atoms with Crippen LogP contribution in [0.1, 0.15) is 18.3 Å². The van der Waals surface area contributed by atoms with Crippen LogP contribution in [-0.2, 0) is 13.0 Å². The molecule has 0 atom stereocenters. The normalized spacial score (nSPS) is 10.4. The van der Waals surface area contributed by atoms with Gasteiger partial charge in [-0.15, -0.1) is 0 Å². The standard InChI is InChI=1S/C15H18ClN3O/c1-4-14-17-13(16)9-15(18-14)19(2)10-11-5-7-12(20-3)8-6-11/h5-9H,4,10H2,1-3H3. The third kappa shape index (κ3) is 3.61. The molecule has 0 aliphatic carbocycles. The molecule has 0 bridgehead atoms. The maximum absolute atomic E-state index is 6.02. The monoisotopic (exact) mass is 291 g/mol. The number of aromatic nitrogens is 2. The summed E-state index contributed by atoms with van der Waals surface area (Å²) in [5, 5.41) is 0.480. The number of methoxy groups -OCH3 is 1. The van der Waals surface area contributed by atoms with Crippen LogP contribution in [0.5, 0.6) is 5.75 Å². The van der Waals surface area contributed by atoms with Crippen LogP contribution in [0.25, 0.3) is 0 Å². The molecule has 0 N–H and O–H groups in total. The van der Waals surface area contributed by atoms with Crippen LogP contribution in [0.3, 0.4) is 0 Å². The second-order valence-electron chi connectivity index (χ2n) is 4.52. The van der Waals surface area contributed by atoms with Crippen LogP contribution in [0.4, 0.5) is 5.82 Å². The summed E-state index contributed by atoms with van der Waals surface area (Å²) in [6.45, 7) is 2.76. The van der Waals surface area contributed by atoms with Gasteiger partial charge in [-0.05, 0) is 17.7 Å². The van der Waals surface area contributed by atoms with E-state index in [1.165, 1.54) is 5.56 Å². The van der Waals surface area contributed by atoms with Crippen LogP contribution in [0.15, 0.2) is 30.3 Å². The van der Waals surface area contributed by atoms with Crippen LogP contribution in [-0.4, -0.2) is 24.1 Å². The first-order valence-corrected chi connectivity index (χ1v) is 6.87. The lowest BCUT2D eigenvalue weighted by molar-refractivity contribution is 0.414. The maximum Gasteiger partial charge on any atom is 0.134 e. The topological polar surface area (TPSA) is 38.2 Å². The number of halogens is 1. The molecule has 0 saturated heterocycles. The van der Waals surface area contributed by atoms with Crippen LogP contribution in [0, 0.1) is 0 Å². The minimum atomic E-state index is 0.480. The van der Waals surface area contributed by atoms with Crippen LogP contribution in [0.2, 0.25) is 5.15 Å². The number of rotatable bonds is 5. The molecule has 0 aliphatic rings. The van der Waals surface area contributed by atoms with Crippen LogP contribution >= 0.6 is 11.6 Å². The molecule has 0 unspecified atom stereocenters. The van der Waals surface area contributed by atoms with Crippen molar-refractivity contribution < 1.29 is 4.74 Å². The van der Waals surface area contributed by atoms with Crippen molar-refractivity contribution in [3.05, 3.63) is 46.9 Å². The van der Waals surface area contributed by atoms with E-state index in [2.05, 4.69) is 14.9 Å². The van der Waals surface area contributed by atoms with E-state index in [1.54, 1.807) is 13.2 Å². The fraction of sp³-hybridized carbons (Fsp3) is 0.333. The molecule has 2 rings (SSSR count). The van der Waals surface area contributed by atoms with Crippen molar-refractivity contribution in [3.8, 4) is 5.75 Å². The van der Waals surface area contributed by atoms with Gasteiger partial charge in [-0.25, -0.2) is 9.97 Å². The van der Waals surface area contributed by atoms with Gasteiger partial charge >= 0.3 is 0 Å². The van der Waals surface area contributed by atoms with Gasteiger partial charge < -0.3 is 9.64 Å². The number of anilines is 1. The highest BCUT2D eigenvalue weighted by molar-refractivity contribution is 6.29. The Hall–Kier alpha value is -1.81. The van der Waals surface area contributed by atoms with E-state index in [-0.39, 0.29) is 0 Å². The maximum atomic E-state index is 6.02. The molecule has 106 valence electrons. The summed E-state index contributed by atoms with van der Waals surface area (Å²) in [6, 6.07) is 9.77. The third-order valence-corrected chi connectivity index (χ3v) is 3.21. The average Bonchev–Trinajstić information content (AvgIpc) is 2.47. The van der Waals surface area contributed by atoms with Gasteiger partial charge in [0.25, 0.3) is 0 Å². The molecule has 0 fully saturated rings. The molecule has 1 aromatic carbocycles. The van der Waals surface area contributed by atoms with E-state index >= 15 is 0 Å². The molecule has 0 radical (unpaired) electrons. The Kier molecular flexibility index (Phi) is 4.79. The first-order chi connectivity index (χ1) is 9.62. The Labute approximate surface area is 124 Å². The second-order valence-corrected chi connectivity index (χ2v) is 4.91. The lowest BCUT2D eigenvalue weighted by atomic mass is 10.2. The van der Waals surface area contributed by atoms with Gasteiger partial charge in [-0.3, -0.25) is 0 Å². The van der Waals surface area contributed by atoms with Gasteiger partial charge in [0.2, 0.25) is 0 Å². The summed E-state index contributed by atoms with van der Waals surface area (Å²) in [7, 11) is 3.65. The highest BCUT2D eigenvalue weighted by atomic mass is 35.5. The summed E-state index contributed by atoms with van der Waals surface area (Å²) in [5.74, 6) is 2.45. The van der Waals surface area contributed by atoms with E-state index in [1.807, 2.05) is 38.2 Å². The van der Waals surface area contributed by atoms with E-state index < -0.39 is 0 Å². The number of hydrogen-bond donors (Lipinski definition) is 0. The summed E-state index contributed by atoms with van der Waals surface area (Å²) < 4.78 is 5.15.